The molecule has 1 unspecified atom stereocenters. The molecule has 0 aliphatic carbocycles. The number of ether oxygens (including phenoxy) is 1. The van der Waals surface area contributed by atoms with Crippen LogP contribution < -0.4 is 16.0 Å². The van der Waals surface area contributed by atoms with E-state index < -0.39 is 30.2 Å². The molecule has 1 aliphatic rings. The summed E-state index contributed by atoms with van der Waals surface area (Å²) < 4.78 is 5.82. The summed E-state index contributed by atoms with van der Waals surface area (Å²) in [5.74, 6) is -0.694. The largest absolute Gasteiger partial charge is 0.441 e. The number of carbonyl (C=O) groups is 3. The molecule has 38 heavy (non-hydrogen) atoms. The summed E-state index contributed by atoms with van der Waals surface area (Å²) >= 11 is 12.3. The number of hydrogen-bond acceptors (Lipinski definition) is 5. The van der Waals surface area contributed by atoms with Gasteiger partial charge in [-0.3, -0.25) is 9.59 Å². The molecule has 0 aromatic heterocycles. The van der Waals surface area contributed by atoms with Crippen LogP contribution in [0.1, 0.15) is 50.3 Å². The second-order valence-corrected chi connectivity index (χ2v) is 10.9. The molecule has 4 atom stereocenters. The van der Waals surface area contributed by atoms with Crippen molar-refractivity contribution in [3.8, 4) is 0 Å². The zero-order valence-corrected chi connectivity index (χ0v) is 23.1. The maximum absolute atomic E-state index is 13.1. The fourth-order valence-electron chi connectivity index (χ4n) is 4.52. The second-order valence-electron chi connectivity index (χ2n) is 10.0. The number of aliphatic hydroxyl groups excluding tert-OH is 1. The highest BCUT2D eigenvalue weighted by molar-refractivity contribution is 6.30. The van der Waals surface area contributed by atoms with E-state index >= 15 is 0 Å². The van der Waals surface area contributed by atoms with Crippen LogP contribution >= 0.6 is 23.2 Å². The molecule has 3 rings (SSSR count). The molecule has 1 fully saturated rings. The van der Waals surface area contributed by atoms with Gasteiger partial charge in [-0.25, -0.2) is 4.79 Å². The third kappa shape index (κ3) is 9.19. The first-order chi connectivity index (χ1) is 18.1. The van der Waals surface area contributed by atoms with Crippen LogP contribution in [0, 0.1) is 11.8 Å². The van der Waals surface area contributed by atoms with Crippen molar-refractivity contribution < 1.29 is 24.2 Å². The summed E-state index contributed by atoms with van der Waals surface area (Å²) in [4.78, 5) is 38.1. The van der Waals surface area contributed by atoms with Gasteiger partial charge in [-0.05, 0) is 60.6 Å². The lowest BCUT2D eigenvalue weighted by Gasteiger charge is -2.25. The lowest BCUT2D eigenvalue weighted by atomic mass is 9.97. The van der Waals surface area contributed by atoms with Crippen LogP contribution in [0.5, 0.6) is 0 Å². The molecule has 8 nitrogen and oxygen atoms in total. The van der Waals surface area contributed by atoms with Gasteiger partial charge in [-0.2, -0.15) is 0 Å². The number of nitrogens with one attached hydrogen (secondary N) is 3. The Morgan fingerprint density at radius 3 is 2.42 bits per heavy atom. The Kier molecular flexibility index (Phi) is 11.2. The Morgan fingerprint density at radius 1 is 1.11 bits per heavy atom. The van der Waals surface area contributed by atoms with Crippen LogP contribution in [0.4, 0.5) is 4.79 Å². The normalized spacial score (nSPS) is 17.4. The molecule has 2 aromatic carbocycles. The van der Waals surface area contributed by atoms with Crippen LogP contribution in [0.25, 0.3) is 0 Å². The first-order valence-corrected chi connectivity index (χ1v) is 13.6. The highest BCUT2D eigenvalue weighted by Crippen LogP contribution is 2.26. The van der Waals surface area contributed by atoms with Gasteiger partial charge in [0.1, 0.15) is 12.1 Å². The van der Waals surface area contributed by atoms with E-state index in [-0.39, 0.29) is 24.3 Å². The third-order valence-corrected chi connectivity index (χ3v) is 6.86. The molecule has 2 aromatic rings. The minimum absolute atomic E-state index is 0.0788. The molecule has 4 N–H and O–H groups in total. The summed E-state index contributed by atoms with van der Waals surface area (Å²) in [6.45, 7) is 4.15. The number of aliphatic hydroxyl groups is 1. The quantitative estimate of drug-likeness (QED) is 0.305. The summed E-state index contributed by atoms with van der Waals surface area (Å²) in [7, 11) is 0. The van der Waals surface area contributed by atoms with Crippen molar-refractivity contribution in [1.29, 1.82) is 0 Å². The first kappa shape index (κ1) is 29.7. The van der Waals surface area contributed by atoms with Crippen molar-refractivity contribution >= 4 is 41.1 Å². The number of halogens is 2. The van der Waals surface area contributed by atoms with Crippen LogP contribution in [0.2, 0.25) is 10.0 Å². The Bertz CT molecular complexity index is 1110. The summed E-state index contributed by atoms with van der Waals surface area (Å²) in [5.41, 5.74) is 1.57. The molecule has 1 saturated heterocycles. The smallest absolute Gasteiger partial charge is 0.408 e. The summed E-state index contributed by atoms with van der Waals surface area (Å²) in [5, 5.41) is 19.1. The molecule has 3 amide bonds. The molecule has 0 bridgehead atoms. The molecular weight excluding hydrogens is 529 g/mol. The number of carbonyl (C=O) groups excluding carboxylic acids is 3. The minimum atomic E-state index is -0.889. The Hall–Kier alpha value is -2.81. The van der Waals surface area contributed by atoms with E-state index in [1.54, 1.807) is 30.3 Å². The van der Waals surface area contributed by atoms with Gasteiger partial charge in [0, 0.05) is 28.9 Å². The minimum Gasteiger partial charge on any atom is -0.441 e. The van der Waals surface area contributed by atoms with Crippen molar-refractivity contribution in [3.05, 3.63) is 69.7 Å². The molecule has 0 saturated carbocycles. The summed E-state index contributed by atoms with van der Waals surface area (Å²) in [6, 6.07) is 12.8. The zero-order chi connectivity index (χ0) is 27.7. The van der Waals surface area contributed by atoms with Gasteiger partial charge in [0.25, 0.3) is 0 Å². The molecule has 1 aliphatic heterocycles. The van der Waals surface area contributed by atoms with Gasteiger partial charge >= 0.3 is 6.09 Å². The van der Waals surface area contributed by atoms with Crippen molar-refractivity contribution in [2.75, 3.05) is 13.2 Å². The fraction of sp³-hybridized carbons (Fsp3) is 0.464. The average Bonchev–Trinajstić information content (AvgIpc) is 3.26. The zero-order valence-electron chi connectivity index (χ0n) is 21.6. The van der Waals surface area contributed by atoms with Crippen LogP contribution in [-0.4, -0.2) is 48.2 Å². The van der Waals surface area contributed by atoms with Gasteiger partial charge in [-0.1, -0.05) is 61.3 Å². The number of hydrogen-bond donors (Lipinski definition) is 4. The molecule has 1 heterocycles. The van der Waals surface area contributed by atoms with Crippen molar-refractivity contribution in [3.63, 3.8) is 0 Å². The average molecular weight is 565 g/mol. The maximum Gasteiger partial charge on any atom is 0.408 e. The Morgan fingerprint density at radius 2 is 1.82 bits per heavy atom. The Balaban J connectivity index is 1.70. The molecule has 10 heteroatoms. The predicted molar refractivity (Wildman–Crippen MR) is 147 cm³/mol. The lowest BCUT2D eigenvalue weighted by molar-refractivity contribution is -0.126. The molecule has 206 valence electrons. The van der Waals surface area contributed by atoms with E-state index in [2.05, 4.69) is 16.0 Å². The molecule has 0 radical (unpaired) electrons. The number of alkyl carbamates (subject to hydrolysis) is 1. The van der Waals surface area contributed by atoms with Crippen molar-refractivity contribution in [1.82, 2.24) is 16.0 Å². The SMILES string of the molecule is CC(C)C[C@H](NC(=O)OC(Cc1cccc(Cl)c1)c1cccc(Cl)c1)C(=O)N[C@H](CO)C[C@@H]1CCNC1=O. The van der Waals surface area contributed by atoms with Crippen molar-refractivity contribution in [2.45, 2.75) is 57.7 Å². The van der Waals surface area contributed by atoms with Gasteiger partial charge in [-0.15, -0.1) is 0 Å². The topological polar surface area (TPSA) is 117 Å². The fourth-order valence-corrected chi connectivity index (χ4v) is 4.93. The van der Waals surface area contributed by atoms with Gasteiger partial charge in [0.15, 0.2) is 0 Å². The molecule has 0 spiro atoms. The highest BCUT2D eigenvalue weighted by Gasteiger charge is 2.30. The Labute approximate surface area is 233 Å². The van der Waals surface area contributed by atoms with E-state index in [9.17, 15) is 19.5 Å². The second kappa shape index (κ2) is 14.4. The molecular formula is C28H35Cl2N3O5. The van der Waals surface area contributed by atoms with E-state index in [1.165, 1.54) is 0 Å². The monoisotopic (exact) mass is 563 g/mol. The number of benzene rings is 2. The van der Waals surface area contributed by atoms with Crippen LogP contribution in [0.3, 0.4) is 0 Å². The summed E-state index contributed by atoms with van der Waals surface area (Å²) in [6.07, 6.45) is 0.255. The lowest BCUT2D eigenvalue weighted by Crippen LogP contribution is -2.51. The van der Waals surface area contributed by atoms with E-state index in [0.717, 1.165) is 5.56 Å². The predicted octanol–water partition coefficient (Wildman–Crippen LogP) is 4.42. The van der Waals surface area contributed by atoms with Crippen molar-refractivity contribution in [2.24, 2.45) is 11.8 Å². The maximum atomic E-state index is 13.1. The van der Waals surface area contributed by atoms with Crippen LogP contribution in [0.15, 0.2) is 48.5 Å². The van der Waals surface area contributed by atoms with Gasteiger partial charge in [0.2, 0.25) is 11.8 Å². The third-order valence-electron chi connectivity index (χ3n) is 6.39. The van der Waals surface area contributed by atoms with Gasteiger partial charge < -0.3 is 25.8 Å². The number of rotatable bonds is 12. The standard InChI is InChI=1S/C28H35Cl2N3O5/c1-17(2)11-24(27(36)32-23(16-34)15-20-9-10-31-26(20)35)33-28(37)38-25(19-6-4-8-22(30)14-19)13-18-5-3-7-21(29)12-18/h3-8,12,14,17,20,23-25,34H,9-11,13,15-16H2,1-2H3,(H,31,35)(H,32,36)(H,33,37)/t20-,23-,24-,25?/m0/s1. The van der Waals surface area contributed by atoms with E-state index in [0.29, 0.717) is 47.8 Å². The highest BCUT2D eigenvalue weighted by atomic mass is 35.5. The number of amides is 3. The van der Waals surface area contributed by atoms with Crippen LogP contribution in [-0.2, 0) is 20.7 Å². The van der Waals surface area contributed by atoms with Gasteiger partial charge in [0.05, 0.1) is 12.6 Å². The van der Waals surface area contributed by atoms with E-state index in [1.807, 2.05) is 32.0 Å². The first-order valence-electron chi connectivity index (χ1n) is 12.8. The van der Waals surface area contributed by atoms with E-state index in [4.69, 9.17) is 27.9 Å².